The summed E-state index contributed by atoms with van der Waals surface area (Å²) < 4.78 is 76.6. The van der Waals surface area contributed by atoms with Crippen LogP contribution in [0.4, 0.5) is 32.0 Å². The molecule has 0 bridgehead atoms. The maximum Gasteiger partial charge on any atom is 0.416 e. The predicted molar refractivity (Wildman–Crippen MR) is 83.2 cm³/mol. The van der Waals surface area contributed by atoms with Crippen molar-refractivity contribution in [2.75, 3.05) is 25.5 Å². The molecule has 0 unspecified atom stereocenters. The highest BCUT2D eigenvalue weighted by Crippen LogP contribution is 2.33. The van der Waals surface area contributed by atoms with Crippen molar-refractivity contribution in [1.29, 1.82) is 0 Å². The van der Waals surface area contributed by atoms with E-state index in [-0.39, 0.29) is 11.4 Å². The van der Waals surface area contributed by atoms with Crippen LogP contribution in [0.5, 0.6) is 0 Å². The number of anilines is 1. The Labute approximate surface area is 149 Å². The lowest BCUT2D eigenvalue weighted by Gasteiger charge is -2.18. The summed E-state index contributed by atoms with van der Waals surface area (Å²) >= 11 is 0. The summed E-state index contributed by atoms with van der Waals surface area (Å²) in [6, 6.07) is 2.66. The van der Waals surface area contributed by atoms with Crippen LogP contribution in [-0.4, -0.2) is 51.9 Å². The molecule has 0 radical (unpaired) electrons. The molecule has 12 heteroatoms. The zero-order valence-electron chi connectivity index (χ0n) is 14.0. The lowest BCUT2D eigenvalue weighted by atomic mass is 10.1. The summed E-state index contributed by atoms with van der Waals surface area (Å²) in [6.45, 7) is -0.849. The Morgan fingerprint density at radius 3 is 2.48 bits per heavy atom. The summed E-state index contributed by atoms with van der Waals surface area (Å²) in [6.07, 6.45) is -7.72. The van der Waals surface area contributed by atoms with Gasteiger partial charge in [0.25, 0.3) is 0 Å². The van der Waals surface area contributed by atoms with Crippen molar-refractivity contribution in [2.24, 2.45) is 0 Å². The molecule has 6 nitrogen and oxygen atoms in total. The van der Waals surface area contributed by atoms with Gasteiger partial charge in [-0.15, -0.1) is 0 Å². The number of hydrogen-bond acceptors (Lipinski definition) is 4. The third kappa shape index (κ3) is 6.24. The van der Waals surface area contributed by atoms with Crippen LogP contribution in [0.2, 0.25) is 0 Å². The van der Waals surface area contributed by atoms with E-state index in [2.05, 4.69) is 15.4 Å². The molecule has 1 aromatic carbocycles. The average molecular weight is 395 g/mol. The number of nitrogens with one attached hydrogen (secondary N) is 1. The number of rotatable bonds is 6. The van der Waals surface area contributed by atoms with Crippen LogP contribution in [0.1, 0.15) is 12.0 Å². The van der Waals surface area contributed by atoms with Crippen molar-refractivity contribution in [2.45, 2.75) is 18.8 Å². The summed E-state index contributed by atoms with van der Waals surface area (Å²) in [5.74, 6) is -0.764. The molecule has 2 aromatic rings. The Balaban J connectivity index is 2.16. The number of carbonyl (C=O) groups excluding carboxylic acids is 1. The molecule has 1 aromatic heterocycles. The van der Waals surface area contributed by atoms with Gasteiger partial charge in [-0.25, -0.2) is 9.67 Å². The van der Waals surface area contributed by atoms with Gasteiger partial charge in [-0.3, -0.25) is 9.69 Å². The molecule has 1 N–H and O–H groups in total. The van der Waals surface area contributed by atoms with Crippen LogP contribution < -0.4 is 5.32 Å². The van der Waals surface area contributed by atoms with Gasteiger partial charge in [-0.1, -0.05) is 0 Å². The van der Waals surface area contributed by atoms with Gasteiger partial charge in [-0.05, 0) is 25.2 Å². The zero-order chi connectivity index (χ0) is 20.2. The monoisotopic (exact) mass is 395 g/mol. The van der Waals surface area contributed by atoms with Crippen molar-refractivity contribution < 1.29 is 31.1 Å². The molecule has 0 saturated heterocycles. The summed E-state index contributed by atoms with van der Waals surface area (Å²) in [4.78, 5) is 16.9. The minimum Gasteiger partial charge on any atom is -0.323 e. The standard InChI is InChI=1S/C15H15F6N5O/c1-25(5-4-14(16,17)18)7-13(27)24-11-6-10(15(19,20)21)2-3-12(11)26-9-22-8-23-26/h2-3,6,8-9H,4-5,7H2,1H3,(H,24,27). The molecule has 0 aliphatic carbocycles. The molecule has 27 heavy (non-hydrogen) atoms. The topological polar surface area (TPSA) is 63.1 Å². The minimum atomic E-state index is -4.64. The number of carbonyl (C=O) groups is 1. The highest BCUT2D eigenvalue weighted by Gasteiger charge is 2.31. The number of hydrogen-bond donors (Lipinski definition) is 1. The van der Waals surface area contributed by atoms with Crippen molar-refractivity contribution >= 4 is 11.6 Å². The van der Waals surface area contributed by atoms with E-state index < -0.39 is 43.3 Å². The van der Waals surface area contributed by atoms with E-state index in [1.54, 1.807) is 0 Å². The van der Waals surface area contributed by atoms with Crippen LogP contribution in [0.15, 0.2) is 30.9 Å². The Hall–Kier alpha value is -2.63. The van der Waals surface area contributed by atoms with Gasteiger partial charge in [0.1, 0.15) is 12.7 Å². The summed E-state index contributed by atoms with van der Waals surface area (Å²) in [5.41, 5.74) is -1.05. The summed E-state index contributed by atoms with van der Waals surface area (Å²) in [5, 5.41) is 6.09. The predicted octanol–water partition coefficient (Wildman–Crippen LogP) is 3.11. The van der Waals surface area contributed by atoms with Crippen LogP contribution in [0.25, 0.3) is 5.69 Å². The molecule has 0 aliphatic rings. The van der Waals surface area contributed by atoms with Crippen molar-refractivity contribution in [3.05, 3.63) is 36.4 Å². The fraction of sp³-hybridized carbons (Fsp3) is 0.400. The Morgan fingerprint density at radius 2 is 1.93 bits per heavy atom. The smallest absolute Gasteiger partial charge is 0.323 e. The van der Waals surface area contributed by atoms with E-state index in [4.69, 9.17) is 0 Å². The molecular weight excluding hydrogens is 380 g/mol. The van der Waals surface area contributed by atoms with Gasteiger partial charge in [0.2, 0.25) is 5.91 Å². The van der Waals surface area contributed by atoms with Crippen molar-refractivity contribution in [1.82, 2.24) is 19.7 Å². The minimum absolute atomic E-state index is 0.131. The maximum absolute atomic E-state index is 12.9. The van der Waals surface area contributed by atoms with Gasteiger partial charge >= 0.3 is 12.4 Å². The molecule has 2 rings (SSSR count). The van der Waals surface area contributed by atoms with Crippen LogP contribution in [-0.2, 0) is 11.0 Å². The molecular formula is C15H15F6N5O. The van der Waals surface area contributed by atoms with Crippen molar-refractivity contribution in [3.63, 3.8) is 0 Å². The first kappa shape index (κ1) is 20.7. The Kier molecular flexibility index (Phi) is 6.08. The van der Waals surface area contributed by atoms with Gasteiger partial charge in [-0.2, -0.15) is 31.4 Å². The lowest BCUT2D eigenvalue weighted by molar-refractivity contribution is -0.138. The van der Waals surface area contributed by atoms with E-state index in [0.29, 0.717) is 0 Å². The number of nitrogens with zero attached hydrogens (tertiary/aromatic N) is 4. The second kappa shape index (κ2) is 7.94. The van der Waals surface area contributed by atoms with Gasteiger partial charge in [0.05, 0.1) is 29.9 Å². The quantitative estimate of drug-likeness (QED) is 0.764. The fourth-order valence-corrected chi connectivity index (χ4v) is 2.18. The normalized spacial score (nSPS) is 12.4. The molecule has 1 amide bonds. The van der Waals surface area contributed by atoms with E-state index in [1.807, 2.05) is 0 Å². The van der Waals surface area contributed by atoms with E-state index in [0.717, 1.165) is 34.1 Å². The van der Waals surface area contributed by atoms with E-state index >= 15 is 0 Å². The lowest BCUT2D eigenvalue weighted by Crippen LogP contribution is -2.33. The average Bonchev–Trinajstić information content (AvgIpc) is 3.05. The van der Waals surface area contributed by atoms with Crippen LogP contribution in [0.3, 0.4) is 0 Å². The Morgan fingerprint density at radius 1 is 1.22 bits per heavy atom. The highest BCUT2D eigenvalue weighted by atomic mass is 19.4. The van der Waals surface area contributed by atoms with Gasteiger partial charge in [0.15, 0.2) is 0 Å². The largest absolute Gasteiger partial charge is 0.416 e. The van der Waals surface area contributed by atoms with E-state index in [9.17, 15) is 31.1 Å². The third-order valence-corrected chi connectivity index (χ3v) is 3.45. The first-order valence-corrected chi connectivity index (χ1v) is 7.57. The maximum atomic E-state index is 12.9. The number of aromatic nitrogens is 3. The molecule has 0 saturated carbocycles. The number of halogens is 6. The first-order chi connectivity index (χ1) is 12.5. The molecule has 0 aliphatic heterocycles. The number of alkyl halides is 6. The Bertz CT molecular complexity index is 772. The second-order valence-electron chi connectivity index (χ2n) is 5.72. The second-order valence-corrected chi connectivity index (χ2v) is 5.72. The van der Waals surface area contributed by atoms with Gasteiger partial charge < -0.3 is 5.32 Å². The van der Waals surface area contributed by atoms with E-state index in [1.165, 1.54) is 13.4 Å². The highest BCUT2D eigenvalue weighted by molar-refractivity contribution is 5.94. The van der Waals surface area contributed by atoms with Gasteiger partial charge in [0, 0.05) is 6.54 Å². The number of amides is 1. The number of likely N-dealkylation sites (N-methyl/N-ethyl adjacent to an activating group) is 1. The molecule has 1 heterocycles. The fourth-order valence-electron chi connectivity index (χ4n) is 2.18. The molecule has 0 fully saturated rings. The summed E-state index contributed by atoms with van der Waals surface area (Å²) in [7, 11) is 1.30. The van der Waals surface area contributed by atoms with Crippen molar-refractivity contribution in [3.8, 4) is 5.69 Å². The van der Waals surface area contributed by atoms with Crippen LogP contribution in [0, 0.1) is 0 Å². The SMILES string of the molecule is CN(CCC(F)(F)F)CC(=O)Nc1cc(C(F)(F)F)ccc1-n1cncn1. The molecule has 0 atom stereocenters. The zero-order valence-corrected chi connectivity index (χ0v) is 14.0. The first-order valence-electron chi connectivity index (χ1n) is 7.57. The molecule has 0 spiro atoms. The van der Waals surface area contributed by atoms with Crippen LogP contribution >= 0.6 is 0 Å². The number of benzene rings is 1. The third-order valence-electron chi connectivity index (χ3n) is 3.45. The molecule has 148 valence electrons.